The van der Waals surface area contributed by atoms with Gasteiger partial charge in [-0.3, -0.25) is 0 Å². The van der Waals surface area contributed by atoms with Crippen molar-refractivity contribution in [1.82, 2.24) is 0 Å². The van der Waals surface area contributed by atoms with Gasteiger partial charge in [-0.15, -0.1) is 69.6 Å². The van der Waals surface area contributed by atoms with E-state index in [1.807, 2.05) is 0 Å². The molecule has 0 aliphatic carbocycles. The van der Waals surface area contributed by atoms with E-state index in [2.05, 4.69) is 0 Å². The summed E-state index contributed by atoms with van der Waals surface area (Å²) in [7, 11) is 0. The normalized spacial score (nSPS) is 11.3. The summed E-state index contributed by atoms with van der Waals surface area (Å²) in [5.74, 6) is 0.0142. The highest BCUT2D eigenvalue weighted by Gasteiger charge is 2.31. The van der Waals surface area contributed by atoms with Gasteiger partial charge >= 0.3 is 0 Å². The third-order valence-corrected chi connectivity index (χ3v) is 10.4. The summed E-state index contributed by atoms with van der Waals surface area (Å²) in [6, 6.07) is 1.34. The van der Waals surface area contributed by atoms with Crippen LogP contribution in [0.15, 0.2) is 6.07 Å². The molecule has 0 aromatic heterocycles. The van der Waals surface area contributed by atoms with E-state index in [1.165, 1.54) is 6.07 Å². The molecule has 0 N–H and O–H groups in total. The summed E-state index contributed by atoms with van der Waals surface area (Å²) in [5, 5.41) is -1.26. The highest BCUT2D eigenvalue weighted by atomic mass is 35.5. The fourth-order valence-electron chi connectivity index (χ4n) is 2.82. The van der Waals surface area contributed by atoms with Crippen molar-refractivity contribution in [3.05, 3.63) is 99.0 Å². The van der Waals surface area contributed by atoms with Gasteiger partial charge in [0.15, 0.2) is 0 Å². The molecule has 0 aliphatic rings. The monoisotopic (exact) mass is 719 g/mol. The Morgan fingerprint density at radius 3 is 0.788 bits per heavy atom. The summed E-state index contributed by atoms with van der Waals surface area (Å²) in [6.07, 6.45) is 0. The van der Waals surface area contributed by atoms with Crippen molar-refractivity contribution in [1.29, 1.82) is 0 Å². The fourth-order valence-corrected chi connectivity index (χ4v) is 6.47. The van der Waals surface area contributed by atoms with E-state index < -0.39 is 0 Å². The van der Waals surface area contributed by atoms with Crippen LogP contribution in [-0.2, 0) is 0 Å². The highest BCUT2D eigenvalue weighted by Crippen LogP contribution is 2.57. The number of hydrogen-bond donors (Lipinski definition) is 0. The minimum Gasteiger partial charge on any atom is -0.118 e. The Morgan fingerprint density at radius 1 is 0.303 bits per heavy atom. The lowest BCUT2D eigenvalue weighted by atomic mass is 9.84. The maximum Gasteiger partial charge on any atom is 0.0700 e. The molecule has 3 rings (SSSR count). The van der Waals surface area contributed by atoms with Crippen molar-refractivity contribution in [2.75, 3.05) is 0 Å². The van der Waals surface area contributed by atoms with Gasteiger partial charge in [0, 0.05) is 40.2 Å². The SMILES string of the molecule is Clc1cc(Cl)c(Cl)c([C-](c2c(Cl)c(Cl)c(Cl)c(Cl)c2Cl)c2c(Cl)c(Cl)c(Cl)c(Cl)c2Cl)c1Cl. The van der Waals surface area contributed by atoms with Gasteiger partial charge in [0.2, 0.25) is 0 Å². The molecular formula is C19HCl14-. The summed E-state index contributed by atoms with van der Waals surface area (Å²) in [6.45, 7) is 0. The zero-order valence-electron chi connectivity index (χ0n) is 14.9. The van der Waals surface area contributed by atoms with Crippen LogP contribution in [0.4, 0.5) is 0 Å². The molecule has 0 amide bonds. The average Bonchev–Trinajstić information content (AvgIpc) is 2.77. The second kappa shape index (κ2) is 11.1. The molecule has 0 spiro atoms. The molecule has 33 heavy (non-hydrogen) atoms. The molecule has 176 valence electrons. The summed E-state index contributed by atoms with van der Waals surface area (Å²) < 4.78 is 0. The van der Waals surface area contributed by atoms with Crippen molar-refractivity contribution in [2.45, 2.75) is 0 Å². The first-order valence-electron chi connectivity index (χ1n) is 7.97. The molecule has 0 saturated carbocycles. The Hall–Kier alpha value is 1.59. The zero-order chi connectivity index (χ0) is 25.1. The highest BCUT2D eigenvalue weighted by molar-refractivity contribution is 6.57. The van der Waals surface area contributed by atoms with Crippen molar-refractivity contribution in [2.24, 2.45) is 0 Å². The third kappa shape index (κ3) is 5.04. The third-order valence-electron chi connectivity index (χ3n) is 4.28. The molecule has 0 saturated heterocycles. The number of benzene rings is 3. The maximum absolute atomic E-state index is 6.56. The molecular weight excluding hydrogens is 725 g/mol. The van der Waals surface area contributed by atoms with E-state index >= 15 is 0 Å². The molecule has 14 heteroatoms. The molecule has 0 atom stereocenters. The molecule has 0 aliphatic heterocycles. The first-order valence-corrected chi connectivity index (χ1v) is 13.3. The number of hydrogen-bond acceptors (Lipinski definition) is 0. The zero-order valence-corrected chi connectivity index (χ0v) is 25.5. The van der Waals surface area contributed by atoms with Crippen molar-refractivity contribution in [3.8, 4) is 0 Å². The Labute approximate surface area is 258 Å². The van der Waals surface area contributed by atoms with Crippen LogP contribution < -0.4 is 0 Å². The quantitative estimate of drug-likeness (QED) is 0.109. The number of halogens is 14. The molecule has 0 fully saturated rings. The van der Waals surface area contributed by atoms with Crippen LogP contribution in [0.25, 0.3) is 0 Å². The van der Waals surface area contributed by atoms with Gasteiger partial charge in [-0.25, -0.2) is 0 Å². The Bertz CT molecular complexity index is 1160. The Morgan fingerprint density at radius 2 is 0.515 bits per heavy atom. The van der Waals surface area contributed by atoms with E-state index in [-0.39, 0.29) is 92.9 Å². The second-order valence-corrected chi connectivity index (χ2v) is 11.5. The summed E-state index contributed by atoms with van der Waals surface area (Å²) >= 11 is 89.4. The molecule has 3 aromatic rings. The molecule has 0 bridgehead atoms. The lowest BCUT2D eigenvalue weighted by molar-refractivity contribution is 1.23. The maximum atomic E-state index is 6.56. The predicted molar refractivity (Wildman–Crippen MR) is 150 cm³/mol. The first-order chi connectivity index (χ1) is 15.2. The van der Waals surface area contributed by atoms with Gasteiger partial charge in [0.25, 0.3) is 0 Å². The molecule has 3 aromatic carbocycles. The topological polar surface area (TPSA) is 0 Å². The van der Waals surface area contributed by atoms with Gasteiger partial charge in [-0.05, 0) is 22.8 Å². The molecule has 0 heterocycles. The molecule has 0 unspecified atom stereocenters. The first kappa shape index (κ1) is 29.2. The van der Waals surface area contributed by atoms with Crippen LogP contribution in [0.5, 0.6) is 0 Å². The number of rotatable bonds is 3. The smallest absolute Gasteiger partial charge is 0.0700 e. The Balaban J connectivity index is 2.66. The van der Waals surface area contributed by atoms with Crippen molar-refractivity contribution >= 4 is 162 Å². The lowest BCUT2D eigenvalue weighted by Crippen LogP contribution is -2.11. The van der Waals surface area contributed by atoms with E-state index in [9.17, 15) is 0 Å². The average molecular weight is 726 g/mol. The van der Waals surface area contributed by atoms with Gasteiger partial charge in [-0.2, -0.15) is 0 Å². The van der Waals surface area contributed by atoms with Crippen LogP contribution in [-0.4, -0.2) is 0 Å². The van der Waals surface area contributed by atoms with E-state index in [4.69, 9.17) is 162 Å². The van der Waals surface area contributed by atoms with Crippen LogP contribution in [0.1, 0.15) is 16.7 Å². The molecule has 0 radical (unpaired) electrons. The summed E-state index contributed by atoms with van der Waals surface area (Å²) in [5.41, 5.74) is 0.0311. The Kier molecular flexibility index (Phi) is 9.84. The van der Waals surface area contributed by atoms with E-state index in [1.54, 1.807) is 0 Å². The van der Waals surface area contributed by atoms with Crippen molar-refractivity contribution < 1.29 is 0 Å². The minimum absolute atomic E-state index is 0.00174. The van der Waals surface area contributed by atoms with Gasteiger partial charge < -0.3 is 0 Å². The summed E-state index contributed by atoms with van der Waals surface area (Å²) in [4.78, 5) is 0. The van der Waals surface area contributed by atoms with Gasteiger partial charge in [0.1, 0.15) is 0 Å². The fraction of sp³-hybridized carbons (Fsp3) is 0. The van der Waals surface area contributed by atoms with Crippen LogP contribution in [0.3, 0.4) is 0 Å². The van der Waals surface area contributed by atoms with E-state index in [0.29, 0.717) is 0 Å². The van der Waals surface area contributed by atoms with Crippen LogP contribution >= 0.6 is 162 Å². The van der Waals surface area contributed by atoms with E-state index in [0.717, 1.165) is 0 Å². The van der Waals surface area contributed by atoms with Gasteiger partial charge in [0.05, 0.1) is 30.1 Å². The largest absolute Gasteiger partial charge is 0.118 e. The lowest BCUT2D eigenvalue weighted by Gasteiger charge is -2.33. The van der Waals surface area contributed by atoms with Crippen LogP contribution in [0.2, 0.25) is 70.3 Å². The second-order valence-electron chi connectivity index (χ2n) is 6.11. The molecule has 0 nitrogen and oxygen atoms in total. The standard InChI is InChI=1S/C19HCl14/c20-2-1-3(21)9(23)5(8(2)22)4(6-10(24)14(28)18(32)15(29)11(6)25)7-12(26)16(30)19(33)17(31)13(7)27/h1H/q-1. The predicted octanol–water partition coefficient (Wildman–Crippen LogP) is 13.9. The van der Waals surface area contributed by atoms with Gasteiger partial charge in [-0.1, -0.05) is 98.7 Å². The minimum atomic E-state index is -0.136. The van der Waals surface area contributed by atoms with Crippen LogP contribution in [0, 0.1) is 5.92 Å². The van der Waals surface area contributed by atoms with Crippen molar-refractivity contribution in [3.63, 3.8) is 0 Å².